The highest BCUT2D eigenvalue weighted by Gasteiger charge is 2.32. The van der Waals surface area contributed by atoms with Crippen LogP contribution in [0.3, 0.4) is 0 Å². The average molecular weight is 354 g/mol. The zero-order valence-corrected chi connectivity index (χ0v) is 14.6. The smallest absolute Gasteiger partial charge is 0.251 e. The van der Waals surface area contributed by atoms with E-state index in [9.17, 15) is 9.59 Å². The van der Waals surface area contributed by atoms with Gasteiger partial charge < -0.3 is 14.6 Å². The summed E-state index contributed by atoms with van der Waals surface area (Å²) in [5.41, 5.74) is 1.33. The molecule has 2 atom stereocenters. The Kier molecular flexibility index (Phi) is 4.79. The number of hydrogen-bond acceptors (Lipinski definition) is 5. The molecule has 1 amide bonds. The molecule has 0 spiro atoms. The van der Waals surface area contributed by atoms with Crippen molar-refractivity contribution in [2.75, 3.05) is 26.3 Å². The van der Waals surface area contributed by atoms with Crippen molar-refractivity contribution in [1.82, 2.24) is 19.9 Å². The zero-order valence-electron chi connectivity index (χ0n) is 14.6. The van der Waals surface area contributed by atoms with E-state index in [0.717, 1.165) is 31.4 Å². The van der Waals surface area contributed by atoms with E-state index in [1.54, 1.807) is 12.4 Å². The minimum atomic E-state index is -0.172. The first-order chi connectivity index (χ1) is 12.7. The van der Waals surface area contributed by atoms with Crippen LogP contribution in [-0.4, -0.2) is 52.1 Å². The molecule has 2 aromatic rings. The SMILES string of the molecule is O=C([C@H]1CCOC1)N1CCC[C@@H](c2nc(-c3ccncc3)cc(=O)[nH]2)C1. The number of nitrogens with one attached hydrogen (secondary N) is 1. The number of likely N-dealkylation sites (tertiary alicyclic amines) is 1. The molecular weight excluding hydrogens is 332 g/mol. The van der Waals surface area contributed by atoms with Gasteiger partial charge in [-0.2, -0.15) is 0 Å². The monoisotopic (exact) mass is 354 g/mol. The lowest BCUT2D eigenvalue weighted by Gasteiger charge is -2.33. The van der Waals surface area contributed by atoms with Gasteiger partial charge in [0.15, 0.2) is 0 Å². The first-order valence-corrected chi connectivity index (χ1v) is 9.09. The zero-order chi connectivity index (χ0) is 17.9. The second kappa shape index (κ2) is 7.37. The number of amides is 1. The van der Waals surface area contributed by atoms with Crippen LogP contribution in [0.5, 0.6) is 0 Å². The molecule has 4 heterocycles. The minimum absolute atomic E-state index is 0.0242. The molecule has 0 radical (unpaired) electrons. The van der Waals surface area contributed by atoms with Crippen molar-refractivity contribution in [2.45, 2.75) is 25.2 Å². The Labute approximate surface area is 151 Å². The van der Waals surface area contributed by atoms with Crippen molar-refractivity contribution in [3.05, 3.63) is 46.8 Å². The highest BCUT2D eigenvalue weighted by molar-refractivity contribution is 5.79. The maximum atomic E-state index is 12.7. The highest BCUT2D eigenvalue weighted by Crippen LogP contribution is 2.27. The minimum Gasteiger partial charge on any atom is -0.381 e. The molecule has 136 valence electrons. The maximum absolute atomic E-state index is 12.7. The molecule has 2 saturated heterocycles. The van der Waals surface area contributed by atoms with E-state index >= 15 is 0 Å². The van der Waals surface area contributed by atoms with Gasteiger partial charge in [0.1, 0.15) is 5.82 Å². The Hall–Kier alpha value is -2.54. The van der Waals surface area contributed by atoms with Crippen LogP contribution in [0.4, 0.5) is 0 Å². The van der Waals surface area contributed by atoms with Crippen molar-refractivity contribution < 1.29 is 9.53 Å². The molecule has 0 saturated carbocycles. The van der Waals surface area contributed by atoms with E-state index in [2.05, 4.69) is 15.0 Å². The molecule has 26 heavy (non-hydrogen) atoms. The van der Waals surface area contributed by atoms with Crippen LogP contribution in [0.2, 0.25) is 0 Å². The normalized spacial score (nSPS) is 23.2. The van der Waals surface area contributed by atoms with Gasteiger partial charge in [-0.15, -0.1) is 0 Å². The molecule has 0 unspecified atom stereocenters. The molecule has 2 fully saturated rings. The van der Waals surface area contributed by atoms with E-state index < -0.39 is 0 Å². The summed E-state index contributed by atoms with van der Waals surface area (Å²) in [5.74, 6) is 0.845. The molecule has 0 bridgehead atoms. The lowest BCUT2D eigenvalue weighted by Crippen LogP contribution is -2.43. The molecule has 0 aromatic carbocycles. The summed E-state index contributed by atoms with van der Waals surface area (Å²) in [6.45, 7) is 2.54. The van der Waals surface area contributed by atoms with Crippen LogP contribution in [-0.2, 0) is 9.53 Å². The third kappa shape index (κ3) is 3.53. The predicted molar refractivity (Wildman–Crippen MR) is 95.6 cm³/mol. The van der Waals surface area contributed by atoms with Crippen molar-refractivity contribution >= 4 is 5.91 Å². The van der Waals surface area contributed by atoms with Crippen LogP contribution in [0.1, 0.15) is 31.0 Å². The Morgan fingerprint density at radius 1 is 1.27 bits per heavy atom. The van der Waals surface area contributed by atoms with Crippen LogP contribution >= 0.6 is 0 Å². The predicted octanol–water partition coefficient (Wildman–Crippen LogP) is 1.57. The lowest BCUT2D eigenvalue weighted by molar-refractivity contribution is -0.136. The summed E-state index contributed by atoms with van der Waals surface area (Å²) in [6, 6.07) is 5.17. The van der Waals surface area contributed by atoms with Crippen molar-refractivity contribution in [2.24, 2.45) is 5.92 Å². The summed E-state index contributed by atoms with van der Waals surface area (Å²) in [5, 5.41) is 0. The second-order valence-corrected chi connectivity index (χ2v) is 6.94. The molecule has 7 nitrogen and oxygen atoms in total. The third-order valence-corrected chi connectivity index (χ3v) is 5.13. The summed E-state index contributed by atoms with van der Waals surface area (Å²) in [7, 11) is 0. The number of ether oxygens (including phenoxy) is 1. The second-order valence-electron chi connectivity index (χ2n) is 6.94. The van der Waals surface area contributed by atoms with Gasteiger partial charge in [-0.1, -0.05) is 0 Å². The molecular formula is C19H22N4O3. The quantitative estimate of drug-likeness (QED) is 0.904. The number of hydrogen-bond donors (Lipinski definition) is 1. The van der Waals surface area contributed by atoms with Gasteiger partial charge in [-0.05, 0) is 31.4 Å². The molecule has 0 aliphatic carbocycles. The van der Waals surface area contributed by atoms with E-state index in [1.165, 1.54) is 6.07 Å². The fourth-order valence-corrected chi connectivity index (χ4v) is 3.73. The van der Waals surface area contributed by atoms with Crippen LogP contribution in [0.25, 0.3) is 11.3 Å². The maximum Gasteiger partial charge on any atom is 0.251 e. The van der Waals surface area contributed by atoms with Crippen LogP contribution in [0.15, 0.2) is 35.4 Å². The van der Waals surface area contributed by atoms with E-state index in [0.29, 0.717) is 31.3 Å². The van der Waals surface area contributed by atoms with Gasteiger partial charge in [0.25, 0.3) is 5.56 Å². The van der Waals surface area contributed by atoms with E-state index in [-0.39, 0.29) is 23.3 Å². The van der Waals surface area contributed by atoms with Gasteiger partial charge in [0.05, 0.1) is 18.2 Å². The van der Waals surface area contributed by atoms with Gasteiger partial charge in [0, 0.05) is 49.6 Å². The number of nitrogens with zero attached hydrogens (tertiary/aromatic N) is 3. The van der Waals surface area contributed by atoms with Crippen molar-refractivity contribution in [3.8, 4) is 11.3 Å². The first kappa shape index (κ1) is 16.9. The Morgan fingerprint density at radius 3 is 2.88 bits per heavy atom. The summed E-state index contributed by atoms with van der Waals surface area (Å²) in [4.78, 5) is 38.3. The fraction of sp³-hybridized carbons (Fsp3) is 0.474. The highest BCUT2D eigenvalue weighted by atomic mass is 16.5. The molecule has 4 rings (SSSR count). The Balaban J connectivity index is 1.56. The fourth-order valence-electron chi connectivity index (χ4n) is 3.73. The third-order valence-electron chi connectivity index (χ3n) is 5.13. The lowest BCUT2D eigenvalue weighted by atomic mass is 9.95. The number of carbonyl (C=O) groups is 1. The molecule has 1 N–H and O–H groups in total. The van der Waals surface area contributed by atoms with Gasteiger partial charge >= 0.3 is 0 Å². The number of rotatable bonds is 3. The molecule has 2 aliphatic rings. The van der Waals surface area contributed by atoms with E-state index in [1.807, 2.05) is 17.0 Å². The van der Waals surface area contributed by atoms with Gasteiger partial charge in [0.2, 0.25) is 5.91 Å². The van der Waals surface area contributed by atoms with Gasteiger partial charge in [-0.25, -0.2) is 4.98 Å². The van der Waals surface area contributed by atoms with Crippen molar-refractivity contribution in [1.29, 1.82) is 0 Å². The Morgan fingerprint density at radius 2 is 2.12 bits per heavy atom. The van der Waals surface area contributed by atoms with Crippen LogP contribution in [0, 0.1) is 5.92 Å². The number of carbonyl (C=O) groups excluding carboxylic acids is 1. The first-order valence-electron chi connectivity index (χ1n) is 9.09. The van der Waals surface area contributed by atoms with Crippen molar-refractivity contribution in [3.63, 3.8) is 0 Å². The molecule has 7 heteroatoms. The number of H-pyrrole nitrogens is 1. The summed E-state index contributed by atoms with van der Waals surface area (Å²) < 4.78 is 5.35. The Bertz CT molecular complexity index is 830. The molecule has 2 aliphatic heterocycles. The van der Waals surface area contributed by atoms with E-state index in [4.69, 9.17) is 4.74 Å². The van der Waals surface area contributed by atoms with Gasteiger partial charge in [-0.3, -0.25) is 14.6 Å². The summed E-state index contributed by atoms with van der Waals surface area (Å²) >= 11 is 0. The number of pyridine rings is 1. The number of piperidine rings is 1. The number of aromatic nitrogens is 3. The molecule has 2 aromatic heterocycles. The summed E-state index contributed by atoms with van der Waals surface area (Å²) in [6.07, 6.45) is 5.98. The largest absolute Gasteiger partial charge is 0.381 e. The topological polar surface area (TPSA) is 88.2 Å². The number of aromatic amines is 1. The van der Waals surface area contributed by atoms with Crippen LogP contribution < -0.4 is 5.56 Å². The average Bonchev–Trinajstić information content (AvgIpc) is 3.22. The standard InChI is InChI=1S/C19H22N4O3/c24-17-10-16(13-3-6-20-7-4-13)21-18(22-17)14-2-1-8-23(11-14)19(25)15-5-9-26-12-15/h3-4,6-7,10,14-15H,1-2,5,8-9,11-12H2,(H,21,22,24)/t14-,15+/m1/s1.